The van der Waals surface area contributed by atoms with Gasteiger partial charge in [-0.25, -0.2) is 0 Å². The summed E-state index contributed by atoms with van der Waals surface area (Å²) in [5.41, 5.74) is 0. The number of halogens is 1. The van der Waals surface area contributed by atoms with Crippen LogP contribution in [0, 0.1) is 6.42 Å². The summed E-state index contributed by atoms with van der Waals surface area (Å²) in [5, 5.41) is 0.303. The zero-order chi connectivity index (χ0) is 4.41. The number of alkyl halides is 1. The molecule has 0 aliphatic carbocycles. The lowest BCUT2D eigenvalue weighted by atomic mass is 10.4. The summed E-state index contributed by atoms with van der Waals surface area (Å²) < 4.78 is 5.01. The van der Waals surface area contributed by atoms with E-state index in [1.54, 1.807) is 0 Å². The van der Waals surface area contributed by atoms with Crippen molar-refractivity contribution in [3.05, 3.63) is 6.42 Å². The molecule has 0 spiro atoms. The molecule has 1 atom stereocenters. The van der Waals surface area contributed by atoms with Gasteiger partial charge in [0.05, 0.1) is 6.61 Å². The van der Waals surface area contributed by atoms with Crippen LogP contribution < -0.4 is 0 Å². The topological polar surface area (TPSA) is 9.23 Å². The van der Waals surface area contributed by atoms with E-state index < -0.39 is 0 Å². The van der Waals surface area contributed by atoms with Crippen LogP contribution in [0.15, 0.2) is 0 Å². The van der Waals surface area contributed by atoms with E-state index in [1.165, 1.54) is 0 Å². The number of hydrogen-bond acceptors (Lipinski definition) is 1. The largest absolute Gasteiger partial charge is 0.367 e. The van der Waals surface area contributed by atoms with Crippen molar-refractivity contribution < 1.29 is 4.74 Å². The van der Waals surface area contributed by atoms with Crippen LogP contribution in [-0.2, 0) is 4.74 Å². The van der Waals surface area contributed by atoms with E-state index in [4.69, 9.17) is 4.74 Å². The van der Waals surface area contributed by atoms with Gasteiger partial charge in [-0.2, -0.15) is 0 Å². The first-order valence-corrected chi connectivity index (χ1v) is 2.88. The molecular formula is C4H6BrO. The highest BCUT2D eigenvalue weighted by Gasteiger charge is 2.09. The molecule has 35 valence electrons. The van der Waals surface area contributed by atoms with Gasteiger partial charge >= 0.3 is 0 Å². The van der Waals surface area contributed by atoms with Gasteiger partial charge in [-0.15, -0.1) is 0 Å². The summed E-state index contributed by atoms with van der Waals surface area (Å²) >= 11 is 3.28. The van der Waals surface area contributed by atoms with E-state index in [0.717, 1.165) is 13.0 Å². The Morgan fingerprint density at radius 2 is 2.67 bits per heavy atom. The predicted octanol–water partition coefficient (Wildman–Crippen LogP) is 1.33. The molecule has 1 aliphatic heterocycles. The minimum Gasteiger partial charge on any atom is -0.367 e. The van der Waals surface area contributed by atoms with Crippen molar-refractivity contribution in [2.24, 2.45) is 0 Å². The second kappa shape index (κ2) is 1.94. The van der Waals surface area contributed by atoms with Crippen LogP contribution in [-0.4, -0.2) is 11.6 Å². The molecule has 1 radical (unpaired) electrons. The highest BCUT2D eigenvalue weighted by molar-refractivity contribution is 9.09. The van der Waals surface area contributed by atoms with Crippen LogP contribution in [0.3, 0.4) is 0 Å². The standard InChI is InChI=1S/C4H6BrO/c5-4-2-1-3-6-4/h1,4H,2-3H2. The van der Waals surface area contributed by atoms with E-state index in [9.17, 15) is 0 Å². The summed E-state index contributed by atoms with van der Waals surface area (Å²) in [7, 11) is 0. The number of ether oxygens (including phenoxy) is 1. The van der Waals surface area contributed by atoms with Gasteiger partial charge in [-0.05, 0) is 12.8 Å². The van der Waals surface area contributed by atoms with E-state index in [1.807, 2.05) is 0 Å². The lowest BCUT2D eigenvalue weighted by molar-refractivity contribution is 0.183. The van der Waals surface area contributed by atoms with Gasteiger partial charge in [0.15, 0.2) is 0 Å². The number of rotatable bonds is 0. The Balaban J connectivity index is 2.18. The van der Waals surface area contributed by atoms with Crippen LogP contribution in [0.25, 0.3) is 0 Å². The maximum Gasteiger partial charge on any atom is 0.112 e. The van der Waals surface area contributed by atoms with Gasteiger partial charge < -0.3 is 4.74 Å². The summed E-state index contributed by atoms with van der Waals surface area (Å²) in [4.78, 5) is 0. The predicted molar refractivity (Wildman–Crippen MR) is 27.6 cm³/mol. The first kappa shape index (κ1) is 4.60. The molecule has 6 heavy (non-hydrogen) atoms. The summed E-state index contributed by atoms with van der Waals surface area (Å²) in [6, 6.07) is 0. The second-order valence-electron chi connectivity index (χ2n) is 1.27. The van der Waals surface area contributed by atoms with Crippen LogP contribution in [0.1, 0.15) is 6.42 Å². The Morgan fingerprint density at radius 3 is 2.83 bits per heavy atom. The first-order chi connectivity index (χ1) is 2.89. The van der Waals surface area contributed by atoms with Crippen molar-refractivity contribution >= 4 is 15.9 Å². The van der Waals surface area contributed by atoms with Gasteiger partial charge in [0.25, 0.3) is 0 Å². The summed E-state index contributed by atoms with van der Waals surface area (Å²) in [6.45, 7) is 0.815. The summed E-state index contributed by atoms with van der Waals surface area (Å²) in [6.07, 6.45) is 3.17. The van der Waals surface area contributed by atoms with Crippen LogP contribution in [0.4, 0.5) is 0 Å². The molecule has 1 heterocycles. The first-order valence-electron chi connectivity index (χ1n) is 1.97. The molecule has 0 saturated carbocycles. The fraction of sp³-hybridized carbons (Fsp3) is 0.750. The molecule has 1 nitrogen and oxygen atoms in total. The van der Waals surface area contributed by atoms with E-state index in [2.05, 4.69) is 22.4 Å². The number of hydrogen-bond donors (Lipinski definition) is 0. The minimum atomic E-state index is 0.303. The lowest BCUT2D eigenvalue weighted by Crippen LogP contribution is -1.88. The van der Waals surface area contributed by atoms with Crippen molar-refractivity contribution in [2.45, 2.75) is 11.4 Å². The Hall–Kier alpha value is 0.440. The molecule has 1 saturated heterocycles. The molecule has 0 N–H and O–H groups in total. The van der Waals surface area contributed by atoms with Gasteiger partial charge in [0.1, 0.15) is 5.01 Å². The smallest absolute Gasteiger partial charge is 0.112 e. The average molecular weight is 150 g/mol. The molecule has 1 unspecified atom stereocenters. The Morgan fingerprint density at radius 1 is 1.83 bits per heavy atom. The van der Waals surface area contributed by atoms with Gasteiger partial charge in [0, 0.05) is 0 Å². The molecule has 0 aromatic heterocycles. The lowest BCUT2D eigenvalue weighted by Gasteiger charge is -1.91. The molecule has 0 aromatic rings. The highest BCUT2D eigenvalue weighted by Crippen LogP contribution is 2.15. The molecule has 1 rings (SSSR count). The molecule has 0 aromatic carbocycles. The van der Waals surface area contributed by atoms with Gasteiger partial charge in [0.2, 0.25) is 0 Å². The third kappa shape index (κ3) is 0.949. The fourth-order valence-electron chi connectivity index (χ4n) is 0.440. The van der Waals surface area contributed by atoms with Crippen molar-refractivity contribution in [2.75, 3.05) is 6.61 Å². The third-order valence-corrected chi connectivity index (χ3v) is 1.39. The quantitative estimate of drug-likeness (QED) is 0.473. The average Bonchev–Trinajstić information content (AvgIpc) is 1.86. The molecule has 1 fully saturated rings. The zero-order valence-electron chi connectivity index (χ0n) is 3.36. The monoisotopic (exact) mass is 149 g/mol. The molecule has 0 bridgehead atoms. The highest BCUT2D eigenvalue weighted by atomic mass is 79.9. The maximum atomic E-state index is 5.01. The normalized spacial score (nSPS) is 34.5. The summed E-state index contributed by atoms with van der Waals surface area (Å²) in [5.74, 6) is 0. The van der Waals surface area contributed by atoms with Crippen molar-refractivity contribution in [3.63, 3.8) is 0 Å². The Kier molecular flexibility index (Phi) is 1.48. The molecule has 2 heteroatoms. The SMILES string of the molecule is BrC1C[CH]CO1. The van der Waals surface area contributed by atoms with Gasteiger partial charge in [-0.3, -0.25) is 0 Å². The van der Waals surface area contributed by atoms with Crippen LogP contribution in [0.5, 0.6) is 0 Å². The third-order valence-electron chi connectivity index (χ3n) is 0.747. The van der Waals surface area contributed by atoms with Crippen LogP contribution >= 0.6 is 15.9 Å². The van der Waals surface area contributed by atoms with Gasteiger partial charge in [-0.1, -0.05) is 15.9 Å². The fourth-order valence-corrected chi connectivity index (χ4v) is 0.857. The van der Waals surface area contributed by atoms with Crippen molar-refractivity contribution in [1.29, 1.82) is 0 Å². The second-order valence-corrected chi connectivity index (χ2v) is 2.29. The Bertz CT molecular complexity index is 40.8. The van der Waals surface area contributed by atoms with Crippen molar-refractivity contribution in [3.8, 4) is 0 Å². The Labute approximate surface area is 45.8 Å². The molecule has 0 amide bonds. The maximum absolute atomic E-state index is 5.01. The van der Waals surface area contributed by atoms with Crippen LogP contribution in [0.2, 0.25) is 0 Å². The van der Waals surface area contributed by atoms with E-state index in [-0.39, 0.29) is 0 Å². The van der Waals surface area contributed by atoms with E-state index >= 15 is 0 Å². The van der Waals surface area contributed by atoms with Crippen molar-refractivity contribution in [1.82, 2.24) is 0 Å². The molecular weight excluding hydrogens is 144 g/mol. The molecule has 1 aliphatic rings. The minimum absolute atomic E-state index is 0.303. The van der Waals surface area contributed by atoms with E-state index in [0.29, 0.717) is 5.01 Å². The zero-order valence-corrected chi connectivity index (χ0v) is 4.94.